The predicted molar refractivity (Wildman–Crippen MR) is 333 cm³/mol. The van der Waals surface area contributed by atoms with E-state index in [0.717, 1.165) is 192 Å². The SMILES string of the molecule is Cc1ccc(N2CCN(CCCCn3ccc4c3CCCC4=O)CC2)c(C)c1.Cc1ccc(N2CCN(CCCn3ccc4c3CCCC4=O)CC2)c(C)c1.Cc1ccc(N2CCN(CCn3ccc4c3CCCC4=O)CC2)c(C)c1. The lowest BCUT2D eigenvalue weighted by Crippen LogP contribution is -2.47. The zero-order valence-corrected chi connectivity index (χ0v) is 50.1. The van der Waals surface area contributed by atoms with Crippen LogP contribution < -0.4 is 14.7 Å². The fraction of sp³-hybridized carbons (Fsp3) is 0.522. The fourth-order valence-corrected chi connectivity index (χ4v) is 13.8. The second kappa shape index (κ2) is 27.2. The van der Waals surface area contributed by atoms with Gasteiger partial charge in [-0.1, -0.05) is 53.1 Å². The molecule has 3 aromatic carbocycles. The standard InChI is InChI=1S/C24H33N3O.C23H31N3O.C22H29N3O/c1-19-8-9-22(20(2)18-19)27-16-14-25(15-17-27)11-3-4-12-26-13-10-21-23(26)6-5-7-24(21)28;1-18-7-8-21(19(2)17-18)26-15-13-24(14-16-26)10-4-11-25-12-9-20-22(25)5-3-6-23(20)27;1-17-6-7-20(18(2)16-17)25-14-11-23(12-15-25)10-13-24-9-8-19-21(24)4-3-5-22(19)26/h8-10,13,18H,3-7,11-12,14-17H2,1-2H3;7-9,12,17H,3-6,10-11,13-16H2,1-2H3;6-9,16H,3-5,10-15H2,1-2H3. The van der Waals surface area contributed by atoms with Gasteiger partial charge in [-0.15, -0.1) is 0 Å². The van der Waals surface area contributed by atoms with Gasteiger partial charge < -0.3 is 28.4 Å². The second-order valence-corrected chi connectivity index (χ2v) is 24.4. The summed E-state index contributed by atoms with van der Waals surface area (Å²) in [4.78, 5) is 51.3. The number of aryl methyl sites for hydroxylation is 8. The minimum Gasteiger partial charge on any atom is -0.369 e. The summed E-state index contributed by atoms with van der Waals surface area (Å²) in [6.07, 6.45) is 18.3. The van der Waals surface area contributed by atoms with Gasteiger partial charge in [-0.05, 0) is 166 Å². The minimum atomic E-state index is 0.326. The summed E-state index contributed by atoms with van der Waals surface area (Å²) in [6, 6.07) is 26.4. The largest absolute Gasteiger partial charge is 0.369 e. The van der Waals surface area contributed by atoms with Crippen molar-refractivity contribution < 1.29 is 14.4 Å². The second-order valence-electron chi connectivity index (χ2n) is 24.4. The molecule has 3 aliphatic carbocycles. The van der Waals surface area contributed by atoms with Gasteiger partial charge in [-0.25, -0.2) is 0 Å². The highest BCUT2D eigenvalue weighted by atomic mass is 16.1. The van der Waals surface area contributed by atoms with E-state index in [9.17, 15) is 14.4 Å². The van der Waals surface area contributed by atoms with Gasteiger partial charge in [-0.2, -0.15) is 0 Å². The summed E-state index contributed by atoms with van der Waals surface area (Å²) in [5.41, 5.74) is 19.1. The van der Waals surface area contributed by atoms with Gasteiger partial charge in [0.1, 0.15) is 0 Å². The average molecular weight is 1100 g/mol. The third-order valence-corrected chi connectivity index (χ3v) is 18.4. The summed E-state index contributed by atoms with van der Waals surface area (Å²) in [5.74, 6) is 0.992. The van der Waals surface area contributed by atoms with Crippen LogP contribution in [-0.2, 0) is 38.9 Å². The van der Waals surface area contributed by atoms with Crippen LogP contribution in [0.5, 0.6) is 0 Å². The molecule has 0 N–H and O–H groups in total. The maximum Gasteiger partial charge on any atom is 0.164 e. The number of benzene rings is 3. The van der Waals surface area contributed by atoms with Crippen LogP contribution >= 0.6 is 0 Å². The number of carbonyl (C=O) groups excluding carboxylic acids is 3. The van der Waals surface area contributed by atoms with Crippen LogP contribution in [0.15, 0.2) is 91.4 Å². The van der Waals surface area contributed by atoms with Crippen LogP contribution in [0.1, 0.15) is 139 Å². The quantitative estimate of drug-likeness (QED) is 0.0934. The van der Waals surface area contributed by atoms with E-state index >= 15 is 0 Å². The van der Waals surface area contributed by atoms with Gasteiger partial charge in [0.15, 0.2) is 17.3 Å². The Balaban J connectivity index is 0.000000136. The molecule has 6 heterocycles. The Hall–Kier alpha value is -6.21. The summed E-state index contributed by atoms with van der Waals surface area (Å²) < 4.78 is 6.95. The molecule has 6 aromatic rings. The number of nitrogens with zero attached hydrogens (tertiary/aromatic N) is 9. The molecule has 81 heavy (non-hydrogen) atoms. The number of Topliss-reactive ketones (excluding diaryl/α,β-unsaturated/α-hetero) is 3. The Kier molecular flexibility index (Phi) is 19.5. The third-order valence-electron chi connectivity index (χ3n) is 18.4. The molecule has 0 radical (unpaired) electrons. The van der Waals surface area contributed by atoms with E-state index in [1.165, 1.54) is 86.9 Å². The number of hydrogen-bond acceptors (Lipinski definition) is 9. The molecule has 12 rings (SSSR count). The van der Waals surface area contributed by atoms with Gasteiger partial charge in [0.05, 0.1) is 0 Å². The first-order valence-electron chi connectivity index (χ1n) is 31.1. The third kappa shape index (κ3) is 14.5. The molecule has 432 valence electrons. The average Bonchev–Trinajstić information content (AvgIpc) is 4.31. The first kappa shape index (κ1) is 58.0. The number of ketones is 3. The molecule has 3 aromatic heterocycles. The molecule has 0 spiro atoms. The van der Waals surface area contributed by atoms with Gasteiger partial charge in [0.2, 0.25) is 0 Å². The predicted octanol–water partition coefficient (Wildman–Crippen LogP) is 11.5. The van der Waals surface area contributed by atoms with E-state index in [1.807, 2.05) is 18.2 Å². The van der Waals surface area contributed by atoms with Crippen LogP contribution in [-0.4, -0.2) is 144 Å². The van der Waals surface area contributed by atoms with Crippen molar-refractivity contribution in [3.8, 4) is 0 Å². The molecular formula is C69H93N9O3. The molecule has 12 nitrogen and oxygen atoms in total. The van der Waals surface area contributed by atoms with Crippen molar-refractivity contribution in [2.24, 2.45) is 0 Å². The van der Waals surface area contributed by atoms with E-state index in [1.54, 1.807) is 0 Å². The summed E-state index contributed by atoms with van der Waals surface area (Å²) >= 11 is 0. The Morgan fingerprint density at radius 2 is 0.630 bits per heavy atom. The number of piperazine rings is 3. The lowest BCUT2D eigenvalue weighted by Gasteiger charge is -2.37. The molecule has 0 unspecified atom stereocenters. The van der Waals surface area contributed by atoms with Crippen molar-refractivity contribution >= 4 is 34.4 Å². The minimum absolute atomic E-state index is 0.326. The monoisotopic (exact) mass is 1100 g/mol. The van der Waals surface area contributed by atoms with Crippen molar-refractivity contribution in [2.45, 2.75) is 138 Å². The van der Waals surface area contributed by atoms with Gasteiger partial charge in [-0.3, -0.25) is 29.1 Å². The molecule has 0 atom stereocenters. The highest BCUT2D eigenvalue weighted by Gasteiger charge is 2.26. The van der Waals surface area contributed by atoms with Crippen LogP contribution in [0.4, 0.5) is 17.1 Å². The summed E-state index contributed by atoms with van der Waals surface area (Å²) in [6.45, 7) is 33.0. The fourth-order valence-electron chi connectivity index (χ4n) is 13.8. The van der Waals surface area contributed by atoms with Gasteiger partial charge >= 0.3 is 0 Å². The van der Waals surface area contributed by atoms with E-state index in [-0.39, 0.29) is 0 Å². The van der Waals surface area contributed by atoms with Crippen molar-refractivity contribution in [3.05, 3.63) is 159 Å². The smallest absolute Gasteiger partial charge is 0.164 e. The number of anilines is 3. The van der Waals surface area contributed by atoms with E-state index in [4.69, 9.17) is 0 Å². The number of rotatable bonds is 15. The Morgan fingerprint density at radius 3 is 0.988 bits per heavy atom. The lowest BCUT2D eigenvalue weighted by atomic mass is 9.97. The van der Waals surface area contributed by atoms with Crippen molar-refractivity contribution in [3.63, 3.8) is 0 Å². The molecular weight excluding hydrogens is 1000 g/mol. The highest BCUT2D eigenvalue weighted by molar-refractivity contribution is 5.99. The molecule has 12 heteroatoms. The van der Waals surface area contributed by atoms with E-state index in [0.29, 0.717) is 17.3 Å². The maximum absolute atomic E-state index is 12.0. The lowest BCUT2D eigenvalue weighted by molar-refractivity contribution is 0.0963. The van der Waals surface area contributed by atoms with Crippen molar-refractivity contribution in [2.75, 3.05) is 113 Å². The summed E-state index contributed by atoms with van der Waals surface area (Å²) in [5, 5.41) is 0. The van der Waals surface area contributed by atoms with Gasteiger partial charge in [0.25, 0.3) is 0 Å². The topological polar surface area (TPSA) is 85.4 Å². The molecule has 3 aliphatic heterocycles. The van der Waals surface area contributed by atoms with E-state index < -0.39 is 0 Å². The summed E-state index contributed by atoms with van der Waals surface area (Å²) in [7, 11) is 0. The van der Waals surface area contributed by atoms with Gasteiger partial charge in [0, 0.05) is 193 Å². The number of hydrogen-bond donors (Lipinski definition) is 0. The first-order valence-corrected chi connectivity index (χ1v) is 31.1. The molecule has 0 saturated carbocycles. The molecule has 0 bridgehead atoms. The molecule has 6 aliphatic rings. The van der Waals surface area contributed by atoms with Crippen LogP contribution in [0.3, 0.4) is 0 Å². The number of fused-ring (bicyclic) bond motifs is 3. The maximum atomic E-state index is 12.0. The molecule has 3 fully saturated rings. The Labute approximate surface area is 484 Å². The van der Waals surface area contributed by atoms with Crippen molar-refractivity contribution in [1.29, 1.82) is 0 Å². The molecule has 0 amide bonds. The Bertz CT molecular complexity index is 3100. The zero-order chi connectivity index (χ0) is 56.4. The van der Waals surface area contributed by atoms with E-state index in [2.05, 4.69) is 158 Å². The molecule has 3 saturated heterocycles. The normalized spacial score (nSPS) is 18.0. The number of aromatic nitrogens is 3. The van der Waals surface area contributed by atoms with Crippen LogP contribution in [0, 0.1) is 41.5 Å². The first-order chi connectivity index (χ1) is 39.3. The highest BCUT2D eigenvalue weighted by Crippen LogP contribution is 2.28. The Morgan fingerprint density at radius 1 is 0.321 bits per heavy atom. The van der Waals surface area contributed by atoms with Crippen LogP contribution in [0.25, 0.3) is 0 Å². The number of carbonyl (C=O) groups is 3. The zero-order valence-electron chi connectivity index (χ0n) is 50.1. The number of unbranched alkanes of at least 4 members (excludes halogenated alkanes) is 1. The van der Waals surface area contributed by atoms with Crippen LogP contribution in [0.2, 0.25) is 0 Å². The van der Waals surface area contributed by atoms with Crippen molar-refractivity contribution in [1.82, 2.24) is 28.4 Å².